The lowest BCUT2D eigenvalue weighted by Gasteiger charge is -2.18. The summed E-state index contributed by atoms with van der Waals surface area (Å²) in [6.45, 7) is 9.58. The van der Waals surface area contributed by atoms with Crippen LogP contribution in [0.25, 0.3) is 0 Å². The van der Waals surface area contributed by atoms with E-state index in [1.165, 1.54) is 9.75 Å². The van der Waals surface area contributed by atoms with Gasteiger partial charge in [0.1, 0.15) is 11.5 Å². The second-order valence-electron chi connectivity index (χ2n) is 4.84. The highest BCUT2D eigenvalue weighted by atomic mass is 32.1. The fourth-order valence-corrected chi connectivity index (χ4v) is 3.03. The number of ether oxygens (including phenoxy) is 2. The van der Waals surface area contributed by atoms with E-state index in [1.807, 2.05) is 43.4 Å². The zero-order valence-corrected chi connectivity index (χ0v) is 13.9. The average molecular weight is 305 g/mol. The molecule has 1 atom stereocenters. The van der Waals surface area contributed by atoms with E-state index in [2.05, 4.69) is 31.3 Å². The highest BCUT2D eigenvalue weighted by molar-refractivity contribution is 7.12. The largest absolute Gasteiger partial charge is 0.494 e. The molecular formula is C17H23NO2S. The van der Waals surface area contributed by atoms with E-state index in [4.69, 9.17) is 9.47 Å². The molecule has 114 valence electrons. The summed E-state index contributed by atoms with van der Waals surface area (Å²) in [5.41, 5.74) is 0.973. The molecule has 0 aliphatic carbocycles. The Kier molecular flexibility index (Phi) is 5.51. The van der Waals surface area contributed by atoms with Crippen LogP contribution in [0.5, 0.6) is 11.5 Å². The fraction of sp³-hybridized carbons (Fsp3) is 0.412. The third kappa shape index (κ3) is 4.14. The molecular weight excluding hydrogens is 282 g/mol. The first kappa shape index (κ1) is 15.7. The molecule has 4 heteroatoms. The lowest BCUT2D eigenvalue weighted by atomic mass is 10.2. The molecule has 1 aromatic carbocycles. The summed E-state index contributed by atoms with van der Waals surface area (Å²) in [5.74, 6) is 1.72. The molecule has 0 fully saturated rings. The average Bonchev–Trinajstić information content (AvgIpc) is 2.89. The second-order valence-corrected chi connectivity index (χ2v) is 6.16. The van der Waals surface area contributed by atoms with Gasteiger partial charge in [-0.25, -0.2) is 0 Å². The summed E-state index contributed by atoms with van der Waals surface area (Å²) in [6, 6.07) is 10.5. The van der Waals surface area contributed by atoms with Gasteiger partial charge in [-0.3, -0.25) is 0 Å². The van der Waals surface area contributed by atoms with Crippen LogP contribution >= 0.6 is 11.3 Å². The summed E-state index contributed by atoms with van der Waals surface area (Å²) in [4.78, 5) is 2.64. The van der Waals surface area contributed by atoms with Crippen LogP contribution < -0.4 is 14.8 Å². The van der Waals surface area contributed by atoms with Gasteiger partial charge in [0.2, 0.25) is 0 Å². The standard InChI is InChI=1S/C17H23NO2S/c1-5-19-14-8-9-16(20-6-2)15(11-14)18-13(4)17-10-7-12(3)21-17/h7-11,13,18H,5-6H2,1-4H3. The number of benzene rings is 1. The van der Waals surface area contributed by atoms with Crippen LogP contribution in [0.15, 0.2) is 30.3 Å². The van der Waals surface area contributed by atoms with Crippen LogP contribution in [0.4, 0.5) is 5.69 Å². The lowest BCUT2D eigenvalue weighted by Crippen LogP contribution is -2.07. The molecule has 0 radical (unpaired) electrons. The number of thiophene rings is 1. The zero-order chi connectivity index (χ0) is 15.2. The second kappa shape index (κ2) is 7.36. The zero-order valence-electron chi connectivity index (χ0n) is 13.1. The molecule has 0 aliphatic heterocycles. The minimum Gasteiger partial charge on any atom is -0.494 e. The first-order valence-corrected chi connectivity index (χ1v) is 8.18. The van der Waals surface area contributed by atoms with Gasteiger partial charge in [-0.2, -0.15) is 0 Å². The quantitative estimate of drug-likeness (QED) is 0.778. The minimum atomic E-state index is 0.236. The van der Waals surface area contributed by atoms with Crippen molar-refractivity contribution in [3.63, 3.8) is 0 Å². The molecule has 1 unspecified atom stereocenters. The van der Waals surface area contributed by atoms with Gasteiger partial charge in [-0.1, -0.05) is 0 Å². The molecule has 0 spiro atoms. The summed E-state index contributed by atoms with van der Waals surface area (Å²) >= 11 is 1.81. The summed E-state index contributed by atoms with van der Waals surface area (Å²) in [6.07, 6.45) is 0. The van der Waals surface area contributed by atoms with Crippen LogP contribution in [0.3, 0.4) is 0 Å². The monoisotopic (exact) mass is 305 g/mol. The number of hydrogen-bond acceptors (Lipinski definition) is 4. The van der Waals surface area contributed by atoms with Crippen molar-refractivity contribution in [2.45, 2.75) is 33.7 Å². The first-order valence-electron chi connectivity index (χ1n) is 7.36. The smallest absolute Gasteiger partial charge is 0.142 e. The predicted molar refractivity (Wildman–Crippen MR) is 89.9 cm³/mol. The van der Waals surface area contributed by atoms with E-state index in [1.54, 1.807) is 0 Å². The maximum absolute atomic E-state index is 5.70. The van der Waals surface area contributed by atoms with Crippen molar-refractivity contribution in [1.82, 2.24) is 0 Å². The van der Waals surface area contributed by atoms with Crippen molar-refractivity contribution in [3.8, 4) is 11.5 Å². The normalized spacial score (nSPS) is 12.0. The van der Waals surface area contributed by atoms with Crippen LogP contribution in [-0.2, 0) is 0 Å². The van der Waals surface area contributed by atoms with Crippen molar-refractivity contribution >= 4 is 17.0 Å². The van der Waals surface area contributed by atoms with Crippen LogP contribution in [0.2, 0.25) is 0 Å². The van der Waals surface area contributed by atoms with Crippen molar-refractivity contribution in [2.75, 3.05) is 18.5 Å². The summed E-state index contributed by atoms with van der Waals surface area (Å²) in [5, 5.41) is 3.53. The molecule has 0 aliphatic rings. The molecule has 0 saturated carbocycles. The van der Waals surface area contributed by atoms with Gasteiger partial charge in [-0.15, -0.1) is 11.3 Å². The molecule has 0 bridgehead atoms. The van der Waals surface area contributed by atoms with E-state index in [-0.39, 0.29) is 6.04 Å². The van der Waals surface area contributed by atoms with Gasteiger partial charge in [0.15, 0.2) is 0 Å². The van der Waals surface area contributed by atoms with E-state index >= 15 is 0 Å². The van der Waals surface area contributed by atoms with Gasteiger partial charge in [-0.05, 0) is 52.0 Å². The maximum Gasteiger partial charge on any atom is 0.142 e. The molecule has 1 aromatic heterocycles. The van der Waals surface area contributed by atoms with Gasteiger partial charge < -0.3 is 14.8 Å². The Labute approximate surface area is 130 Å². The Hall–Kier alpha value is -1.68. The highest BCUT2D eigenvalue weighted by Crippen LogP contribution is 2.33. The van der Waals surface area contributed by atoms with E-state index in [0.29, 0.717) is 13.2 Å². The Morgan fingerprint density at radius 3 is 2.48 bits per heavy atom. The van der Waals surface area contributed by atoms with E-state index < -0.39 is 0 Å². The van der Waals surface area contributed by atoms with Crippen LogP contribution in [0, 0.1) is 6.92 Å². The Morgan fingerprint density at radius 2 is 1.86 bits per heavy atom. The minimum absolute atomic E-state index is 0.236. The molecule has 21 heavy (non-hydrogen) atoms. The molecule has 3 nitrogen and oxygen atoms in total. The Balaban J connectivity index is 2.21. The van der Waals surface area contributed by atoms with Crippen molar-refractivity contribution < 1.29 is 9.47 Å². The number of nitrogens with one attached hydrogen (secondary N) is 1. The molecule has 2 aromatic rings. The summed E-state index contributed by atoms with van der Waals surface area (Å²) in [7, 11) is 0. The van der Waals surface area contributed by atoms with Gasteiger partial charge in [0.05, 0.1) is 24.9 Å². The predicted octanol–water partition coefficient (Wildman–Crippen LogP) is 5.03. The van der Waals surface area contributed by atoms with Gasteiger partial charge >= 0.3 is 0 Å². The fourth-order valence-electron chi connectivity index (χ4n) is 2.15. The van der Waals surface area contributed by atoms with Crippen molar-refractivity contribution in [3.05, 3.63) is 40.1 Å². The number of hydrogen-bond donors (Lipinski definition) is 1. The SMILES string of the molecule is CCOc1ccc(OCC)c(NC(C)c2ccc(C)s2)c1. The van der Waals surface area contributed by atoms with Crippen LogP contribution in [-0.4, -0.2) is 13.2 Å². The van der Waals surface area contributed by atoms with Crippen molar-refractivity contribution in [2.24, 2.45) is 0 Å². The summed E-state index contributed by atoms with van der Waals surface area (Å²) < 4.78 is 11.3. The topological polar surface area (TPSA) is 30.5 Å². The lowest BCUT2D eigenvalue weighted by molar-refractivity contribution is 0.331. The molecule has 2 rings (SSSR count). The molecule has 0 amide bonds. The number of rotatable bonds is 7. The molecule has 1 heterocycles. The molecule has 0 saturated heterocycles. The van der Waals surface area contributed by atoms with E-state index in [9.17, 15) is 0 Å². The third-order valence-corrected chi connectivity index (χ3v) is 4.31. The number of anilines is 1. The highest BCUT2D eigenvalue weighted by Gasteiger charge is 2.12. The van der Waals surface area contributed by atoms with Gasteiger partial charge in [0, 0.05) is 15.8 Å². The Bertz CT molecular complexity index is 580. The van der Waals surface area contributed by atoms with Crippen LogP contribution in [0.1, 0.15) is 36.6 Å². The first-order chi connectivity index (χ1) is 10.1. The maximum atomic E-state index is 5.70. The Morgan fingerprint density at radius 1 is 1.10 bits per heavy atom. The van der Waals surface area contributed by atoms with Gasteiger partial charge in [0.25, 0.3) is 0 Å². The number of aryl methyl sites for hydroxylation is 1. The van der Waals surface area contributed by atoms with Crippen molar-refractivity contribution in [1.29, 1.82) is 0 Å². The van der Waals surface area contributed by atoms with E-state index in [0.717, 1.165) is 17.2 Å². The third-order valence-electron chi connectivity index (χ3n) is 3.12. The molecule has 1 N–H and O–H groups in total.